The molecule has 0 aliphatic heterocycles. The Labute approximate surface area is 71.5 Å². The number of likely N-dealkylation sites (N-methyl/N-ethyl adjacent to an activating group) is 1. The molecule has 66 valence electrons. The van der Waals surface area contributed by atoms with Gasteiger partial charge in [0.15, 0.2) is 0 Å². The van der Waals surface area contributed by atoms with Crippen LogP contribution in [0.1, 0.15) is 6.92 Å². The third-order valence-corrected chi connectivity index (χ3v) is 1.67. The van der Waals surface area contributed by atoms with E-state index < -0.39 is 0 Å². The van der Waals surface area contributed by atoms with Crippen molar-refractivity contribution in [3.05, 3.63) is 24.5 Å². The van der Waals surface area contributed by atoms with Gasteiger partial charge in [0.1, 0.15) is 0 Å². The number of amides is 1. The molecule has 1 unspecified atom stereocenters. The second kappa shape index (κ2) is 3.92. The average molecular weight is 167 g/mol. The Kier molecular flexibility index (Phi) is 2.88. The summed E-state index contributed by atoms with van der Waals surface area (Å²) in [7, 11) is 1.75. The van der Waals surface area contributed by atoms with E-state index in [9.17, 15) is 4.79 Å². The zero-order valence-corrected chi connectivity index (χ0v) is 7.24. The molecule has 4 nitrogen and oxygen atoms in total. The van der Waals surface area contributed by atoms with Crippen molar-refractivity contribution in [1.82, 2.24) is 9.99 Å². The predicted molar refractivity (Wildman–Crippen MR) is 47.3 cm³/mol. The van der Waals surface area contributed by atoms with Gasteiger partial charge in [0, 0.05) is 12.4 Å². The number of rotatable bonds is 3. The first kappa shape index (κ1) is 8.80. The minimum Gasteiger partial charge on any atom is -0.309 e. The first-order valence-corrected chi connectivity index (χ1v) is 3.85. The maximum atomic E-state index is 11.2. The van der Waals surface area contributed by atoms with Crippen molar-refractivity contribution in [2.75, 3.05) is 12.5 Å². The van der Waals surface area contributed by atoms with Crippen molar-refractivity contribution in [2.45, 2.75) is 13.0 Å². The molecular formula is C8H13N3O. The van der Waals surface area contributed by atoms with Crippen LogP contribution in [-0.2, 0) is 4.79 Å². The molecule has 0 spiro atoms. The maximum absolute atomic E-state index is 11.2. The molecule has 2 N–H and O–H groups in total. The predicted octanol–water partition coefficient (Wildman–Crippen LogP) is 0.166. The summed E-state index contributed by atoms with van der Waals surface area (Å²) in [6, 6.07) is 3.53. The van der Waals surface area contributed by atoms with Crippen LogP contribution in [-0.4, -0.2) is 23.7 Å². The molecule has 0 aromatic carbocycles. The van der Waals surface area contributed by atoms with Crippen molar-refractivity contribution in [2.24, 2.45) is 0 Å². The van der Waals surface area contributed by atoms with Crippen LogP contribution in [0.15, 0.2) is 24.5 Å². The average Bonchev–Trinajstić information content (AvgIpc) is 2.55. The highest BCUT2D eigenvalue weighted by Gasteiger charge is 2.08. The maximum Gasteiger partial charge on any atom is 0.255 e. The molecule has 1 aromatic rings. The van der Waals surface area contributed by atoms with Crippen molar-refractivity contribution < 1.29 is 4.79 Å². The molecule has 0 saturated carbocycles. The fourth-order valence-corrected chi connectivity index (χ4v) is 0.764. The minimum absolute atomic E-state index is 0.0475. The molecule has 0 bridgehead atoms. The van der Waals surface area contributed by atoms with Gasteiger partial charge in [-0.1, -0.05) is 0 Å². The molecule has 0 aliphatic rings. The van der Waals surface area contributed by atoms with E-state index in [1.807, 2.05) is 12.1 Å². The number of nitrogens with zero attached hydrogens (tertiary/aromatic N) is 1. The molecule has 12 heavy (non-hydrogen) atoms. The highest BCUT2D eigenvalue weighted by atomic mass is 16.2. The Morgan fingerprint density at radius 3 is 2.50 bits per heavy atom. The number of hydrogen-bond donors (Lipinski definition) is 2. The molecule has 1 aromatic heterocycles. The standard InChI is InChI=1S/C8H13N3O/c1-7(9-2)8(12)10-11-5-3-4-6-11/h3-7,9H,1-2H3,(H,10,12). The van der Waals surface area contributed by atoms with Crippen LogP contribution < -0.4 is 10.7 Å². The Balaban J connectivity index is 2.47. The summed E-state index contributed by atoms with van der Waals surface area (Å²) in [5, 5.41) is 2.85. The number of hydrogen-bond acceptors (Lipinski definition) is 2. The Bertz CT molecular complexity index is 243. The van der Waals surface area contributed by atoms with Gasteiger partial charge in [-0.25, -0.2) is 0 Å². The lowest BCUT2D eigenvalue weighted by molar-refractivity contribution is -0.118. The van der Waals surface area contributed by atoms with Crippen molar-refractivity contribution >= 4 is 5.91 Å². The lowest BCUT2D eigenvalue weighted by atomic mass is 10.3. The summed E-state index contributed by atoms with van der Waals surface area (Å²) < 4.78 is 1.62. The molecule has 0 radical (unpaired) electrons. The molecule has 0 saturated heterocycles. The second-order valence-electron chi connectivity index (χ2n) is 2.58. The number of carbonyl (C=O) groups excluding carboxylic acids is 1. The Hall–Kier alpha value is -1.29. The summed E-state index contributed by atoms with van der Waals surface area (Å²) in [5.74, 6) is -0.0475. The van der Waals surface area contributed by atoms with Crippen LogP contribution in [0.3, 0.4) is 0 Å². The van der Waals surface area contributed by atoms with E-state index in [1.165, 1.54) is 0 Å². The molecule has 1 heterocycles. The van der Waals surface area contributed by atoms with E-state index in [4.69, 9.17) is 0 Å². The number of nitrogens with one attached hydrogen (secondary N) is 2. The largest absolute Gasteiger partial charge is 0.309 e. The van der Waals surface area contributed by atoms with Crippen molar-refractivity contribution in [3.8, 4) is 0 Å². The molecule has 0 fully saturated rings. The highest BCUT2D eigenvalue weighted by molar-refractivity contribution is 5.88. The minimum atomic E-state index is -0.174. The van der Waals surface area contributed by atoms with E-state index >= 15 is 0 Å². The third kappa shape index (κ3) is 2.10. The fraction of sp³-hybridized carbons (Fsp3) is 0.375. The lowest BCUT2D eigenvalue weighted by Crippen LogP contribution is -2.38. The summed E-state index contributed by atoms with van der Waals surface area (Å²) in [4.78, 5) is 11.2. The van der Waals surface area contributed by atoms with Gasteiger partial charge in [-0.15, -0.1) is 0 Å². The van der Waals surface area contributed by atoms with Crippen LogP contribution in [0.2, 0.25) is 0 Å². The van der Waals surface area contributed by atoms with Crippen LogP contribution >= 0.6 is 0 Å². The molecule has 1 rings (SSSR count). The van der Waals surface area contributed by atoms with Crippen LogP contribution in [0.5, 0.6) is 0 Å². The quantitative estimate of drug-likeness (QED) is 0.674. The van der Waals surface area contributed by atoms with Gasteiger partial charge in [0.2, 0.25) is 0 Å². The van der Waals surface area contributed by atoms with Crippen molar-refractivity contribution in [1.29, 1.82) is 0 Å². The van der Waals surface area contributed by atoms with Crippen LogP contribution in [0.25, 0.3) is 0 Å². The molecule has 4 heteroatoms. The molecule has 0 aliphatic carbocycles. The third-order valence-electron chi connectivity index (χ3n) is 1.67. The zero-order chi connectivity index (χ0) is 8.97. The topological polar surface area (TPSA) is 46.1 Å². The van der Waals surface area contributed by atoms with E-state index in [1.54, 1.807) is 31.0 Å². The smallest absolute Gasteiger partial charge is 0.255 e. The Morgan fingerprint density at radius 2 is 2.00 bits per heavy atom. The van der Waals surface area contributed by atoms with E-state index in [-0.39, 0.29) is 11.9 Å². The first-order chi connectivity index (χ1) is 5.74. The van der Waals surface area contributed by atoms with Crippen LogP contribution in [0, 0.1) is 0 Å². The van der Waals surface area contributed by atoms with E-state index in [0.717, 1.165) is 0 Å². The van der Waals surface area contributed by atoms with Gasteiger partial charge >= 0.3 is 0 Å². The molecule has 1 amide bonds. The van der Waals surface area contributed by atoms with E-state index in [2.05, 4.69) is 10.7 Å². The zero-order valence-electron chi connectivity index (χ0n) is 7.24. The van der Waals surface area contributed by atoms with Gasteiger partial charge < -0.3 is 5.32 Å². The molecular weight excluding hydrogens is 154 g/mol. The van der Waals surface area contributed by atoms with Gasteiger partial charge in [-0.2, -0.15) is 0 Å². The van der Waals surface area contributed by atoms with Gasteiger partial charge in [0.25, 0.3) is 5.91 Å². The van der Waals surface area contributed by atoms with E-state index in [0.29, 0.717) is 0 Å². The SMILES string of the molecule is CNC(C)C(=O)Nn1cccc1. The van der Waals surface area contributed by atoms with Gasteiger partial charge in [-0.05, 0) is 26.1 Å². The number of carbonyl (C=O) groups is 1. The summed E-state index contributed by atoms with van der Waals surface area (Å²) in [5.41, 5.74) is 2.69. The second-order valence-corrected chi connectivity index (χ2v) is 2.58. The Morgan fingerprint density at radius 1 is 1.42 bits per heavy atom. The van der Waals surface area contributed by atoms with Crippen LogP contribution in [0.4, 0.5) is 0 Å². The summed E-state index contributed by atoms with van der Waals surface area (Å²) >= 11 is 0. The normalized spacial score (nSPS) is 12.5. The van der Waals surface area contributed by atoms with Crippen molar-refractivity contribution in [3.63, 3.8) is 0 Å². The lowest BCUT2D eigenvalue weighted by Gasteiger charge is -2.11. The fourth-order valence-electron chi connectivity index (χ4n) is 0.764. The molecule has 1 atom stereocenters. The van der Waals surface area contributed by atoms with Gasteiger partial charge in [-0.3, -0.25) is 14.9 Å². The van der Waals surface area contributed by atoms with Gasteiger partial charge in [0.05, 0.1) is 6.04 Å². The summed E-state index contributed by atoms with van der Waals surface area (Å²) in [6.45, 7) is 1.80. The first-order valence-electron chi connectivity index (χ1n) is 3.85. The number of aromatic nitrogens is 1. The highest BCUT2D eigenvalue weighted by Crippen LogP contribution is 1.87. The summed E-state index contributed by atoms with van der Waals surface area (Å²) in [6.07, 6.45) is 3.56. The monoisotopic (exact) mass is 167 g/mol.